The van der Waals surface area contributed by atoms with Crippen molar-refractivity contribution in [1.82, 2.24) is 24.5 Å². The SMILES string of the molecule is C[C@@H](C1CC1)N1Cc2cc(-c3ccn4nc(N)c(C(=O)Nc5ccc(N)nc5)c4n3)cc(OC(F)(F)F)c2C1=O. The van der Waals surface area contributed by atoms with Crippen LogP contribution in [0.5, 0.6) is 5.75 Å². The summed E-state index contributed by atoms with van der Waals surface area (Å²) in [4.78, 5) is 36.3. The second kappa shape index (κ2) is 9.10. The number of ether oxygens (including phenoxy) is 1. The lowest BCUT2D eigenvalue weighted by atomic mass is 10.0. The highest BCUT2D eigenvalue weighted by Crippen LogP contribution is 2.42. The monoisotopic (exact) mass is 552 g/mol. The average Bonchev–Trinajstić information content (AvgIpc) is 3.61. The number of rotatable bonds is 6. The van der Waals surface area contributed by atoms with E-state index in [0.717, 1.165) is 18.9 Å². The maximum absolute atomic E-state index is 13.4. The van der Waals surface area contributed by atoms with Gasteiger partial charge in [0.25, 0.3) is 11.8 Å². The van der Waals surface area contributed by atoms with Crippen molar-refractivity contribution in [2.24, 2.45) is 5.92 Å². The predicted octanol–water partition coefficient (Wildman–Crippen LogP) is 3.86. The molecule has 1 aliphatic heterocycles. The van der Waals surface area contributed by atoms with Crippen LogP contribution in [0.1, 0.15) is 46.0 Å². The van der Waals surface area contributed by atoms with Crippen LogP contribution >= 0.6 is 0 Å². The number of aromatic nitrogens is 4. The van der Waals surface area contributed by atoms with Gasteiger partial charge in [0.05, 0.1) is 23.1 Å². The Hall–Kier alpha value is -4.88. The number of carbonyl (C=O) groups excluding carboxylic acids is 2. The highest BCUT2D eigenvalue weighted by atomic mass is 19.4. The van der Waals surface area contributed by atoms with E-state index in [2.05, 4.69) is 25.1 Å². The zero-order valence-corrected chi connectivity index (χ0v) is 21.1. The molecule has 206 valence electrons. The largest absolute Gasteiger partial charge is 0.573 e. The van der Waals surface area contributed by atoms with E-state index in [-0.39, 0.29) is 52.3 Å². The van der Waals surface area contributed by atoms with Crippen molar-refractivity contribution in [2.45, 2.75) is 38.7 Å². The summed E-state index contributed by atoms with van der Waals surface area (Å²) < 4.78 is 45.7. The molecule has 0 saturated heterocycles. The first-order valence-corrected chi connectivity index (χ1v) is 12.4. The van der Waals surface area contributed by atoms with Gasteiger partial charge in [0.2, 0.25) is 0 Å². The zero-order chi connectivity index (χ0) is 28.3. The first-order chi connectivity index (χ1) is 19.0. The van der Waals surface area contributed by atoms with Gasteiger partial charge >= 0.3 is 6.36 Å². The molecule has 6 rings (SSSR count). The lowest BCUT2D eigenvalue weighted by Crippen LogP contribution is -2.34. The highest BCUT2D eigenvalue weighted by molar-refractivity contribution is 6.11. The lowest BCUT2D eigenvalue weighted by molar-refractivity contribution is -0.274. The molecular weight excluding hydrogens is 529 g/mol. The molecule has 0 unspecified atom stereocenters. The molecule has 2 amide bonds. The number of hydrogen-bond donors (Lipinski definition) is 3. The third-order valence-corrected chi connectivity index (χ3v) is 7.10. The Bertz CT molecular complexity index is 1660. The summed E-state index contributed by atoms with van der Waals surface area (Å²) in [5.41, 5.74) is 12.8. The number of nitrogens with two attached hydrogens (primary N) is 2. The van der Waals surface area contributed by atoms with E-state index < -0.39 is 23.9 Å². The van der Waals surface area contributed by atoms with Gasteiger partial charge in [-0.15, -0.1) is 18.3 Å². The minimum Gasteiger partial charge on any atom is -0.405 e. The van der Waals surface area contributed by atoms with Gasteiger partial charge in [-0.3, -0.25) is 9.59 Å². The predicted molar refractivity (Wildman–Crippen MR) is 138 cm³/mol. The molecule has 0 bridgehead atoms. The molecule has 0 radical (unpaired) electrons. The van der Waals surface area contributed by atoms with Crippen LogP contribution < -0.4 is 21.5 Å². The smallest absolute Gasteiger partial charge is 0.405 e. The summed E-state index contributed by atoms with van der Waals surface area (Å²) in [6.45, 7) is 2.05. The number of nitrogens with one attached hydrogen (secondary N) is 1. The molecule has 1 atom stereocenters. The number of alkyl halides is 3. The summed E-state index contributed by atoms with van der Waals surface area (Å²) in [7, 11) is 0. The van der Waals surface area contributed by atoms with E-state index in [1.54, 1.807) is 17.0 Å². The Morgan fingerprint density at radius 1 is 1.20 bits per heavy atom. The number of benzene rings is 1. The van der Waals surface area contributed by atoms with Crippen LogP contribution in [0, 0.1) is 5.92 Å². The average molecular weight is 553 g/mol. The topological polar surface area (TPSA) is 154 Å². The number of carbonyl (C=O) groups is 2. The molecule has 4 heterocycles. The number of fused-ring (bicyclic) bond motifs is 2. The van der Waals surface area contributed by atoms with E-state index in [0.29, 0.717) is 17.2 Å². The molecule has 11 nitrogen and oxygen atoms in total. The van der Waals surface area contributed by atoms with E-state index in [9.17, 15) is 22.8 Å². The summed E-state index contributed by atoms with van der Waals surface area (Å²) >= 11 is 0. The van der Waals surface area contributed by atoms with Crippen LogP contribution in [-0.4, -0.2) is 48.7 Å². The molecule has 40 heavy (non-hydrogen) atoms. The third kappa shape index (κ3) is 4.61. The third-order valence-electron chi connectivity index (χ3n) is 7.10. The summed E-state index contributed by atoms with van der Waals surface area (Å²) in [6.07, 6.45) is -0.208. The molecule has 14 heteroatoms. The van der Waals surface area contributed by atoms with Gasteiger partial charge in [0.1, 0.15) is 17.1 Å². The number of pyridine rings is 1. The number of halogens is 3. The van der Waals surface area contributed by atoms with Gasteiger partial charge in [0.15, 0.2) is 11.5 Å². The molecule has 3 aromatic heterocycles. The van der Waals surface area contributed by atoms with E-state index in [4.69, 9.17) is 11.5 Å². The van der Waals surface area contributed by atoms with Crippen molar-refractivity contribution in [3.63, 3.8) is 0 Å². The number of anilines is 3. The van der Waals surface area contributed by atoms with Gasteiger partial charge in [-0.05, 0) is 61.6 Å². The van der Waals surface area contributed by atoms with Gasteiger partial charge in [-0.25, -0.2) is 14.5 Å². The molecule has 1 saturated carbocycles. The second-order valence-corrected chi connectivity index (χ2v) is 9.83. The van der Waals surface area contributed by atoms with Crippen LogP contribution in [0.15, 0.2) is 42.7 Å². The first-order valence-electron chi connectivity index (χ1n) is 12.4. The van der Waals surface area contributed by atoms with Gasteiger partial charge in [0, 0.05) is 24.3 Å². The Morgan fingerprint density at radius 2 is 1.98 bits per heavy atom. The van der Waals surface area contributed by atoms with E-state index >= 15 is 0 Å². The summed E-state index contributed by atoms with van der Waals surface area (Å²) in [5.74, 6) is -1.21. The minimum atomic E-state index is -5.01. The first kappa shape index (κ1) is 25.4. The summed E-state index contributed by atoms with van der Waals surface area (Å²) in [6, 6.07) is 7.23. The van der Waals surface area contributed by atoms with Crippen LogP contribution in [0.2, 0.25) is 0 Å². The molecule has 4 aromatic rings. The molecule has 5 N–H and O–H groups in total. The molecule has 0 spiro atoms. The van der Waals surface area contributed by atoms with Crippen molar-refractivity contribution in [3.8, 4) is 17.0 Å². The normalized spacial score (nSPS) is 15.8. The standard InChI is InChI=1S/C26H23F3N8O3/c1-12(13-2-3-13)36-11-15-8-14(9-18(20(15)25(36)39)40-26(27,28)29)17-6-7-37-23(34-17)21(22(31)35-37)24(38)33-16-4-5-19(30)32-10-16/h4-10,12-13H,2-3,11H2,1H3,(H2,30,32)(H2,31,35)(H,33,38)/t12-/m0/s1. The fraction of sp³-hybridized carbons (Fsp3) is 0.269. The number of nitrogen functional groups attached to an aromatic ring is 2. The maximum Gasteiger partial charge on any atom is 0.573 e. The van der Waals surface area contributed by atoms with Crippen LogP contribution in [0.3, 0.4) is 0 Å². The number of amides is 2. The molecule has 1 aliphatic carbocycles. The Morgan fingerprint density at radius 3 is 2.65 bits per heavy atom. The number of hydrogen-bond acceptors (Lipinski definition) is 8. The van der Waals surface area contributed by atoms with Crippen molar-refractivity contribution in [1.29, 1.82) is 0 Å². The van der Waals surface area contributed by atoms with Crippen molar-refractivity contribution < 1.29 is 27.5 Å². The van der Waals surface area contributed by atoms with Crippen molar-refractivity contribution in [2.75, 3.05) is 16.8 Å². The Labute approximate surface area is 224 Å². The molecule has 1 aromatic carbocycles. The fourth-order valence-electron chi connectivity index (χ4n) is 4.95. The van der Waals surface area contributed by atoms with Crippen molar-refractivity contribution in [3.05, 3.63) is 59.4 Å². The zero-order valence-electron chi connectivity index (χ0n) is 21.1. The van der Waals surface area contributed by atoms with E-state index in [1.807, 2.05) is 6.92 Å². The molecule has 2 aliphatic rings. The van der Waals surface area contributed by atoms with Crippen LogP contribution in [0.4, 0.5) is 30.5 Å². The number of nitrogens with zero attached hydrogens (tertiary/aromatic N) is 5. The van der Waals surface area contributed by atoms with Gasteiger partial charge < -0.3 is 26.4 Å². The Kier molecular flexibility index (Phi) is 5.78. The quantitative estimate of drug-likeness (QED) is 0.326. The molecular formula is C26H23F3N8O3. The Balaban J connectivity index is 1.40. The van der Waals surface area contributed by atoms with Crippen molar-refractivity contribution >= 4 is 34.8 Å². The van der Waals surface area contributed by atoms with E-state index in [1.165, 1.54) is 29.0 Å². The highest BCUT2D eigenvalue weighted by Gasteiger charge is 2.42. The van der Waals surface area contributed by atoms with Gasteiger partial charge in [-0.2, -0.15) is 0 Å². The van der Waals surface area contributed by atoms with Gasteiger partial charge in [-0.1, -0.05) is 0 Å². The second-order valence-electron chi connectivity index (χ2n) is 9.83. The maximum atomic E-state index is 13.4. The fourth-order valence-corrected chi connectivity index (χ4v) is 4.95. The van der Waals surface area contributed by atoms with Crippen LogP contribution in [0.25, 0.3) is 16.9 Å². The summed E-state index contributed by atoms with van der Waals surface area (Å²) in [5, 5.41) is 6.77. The minimum absolute atomic E-state index is 0.0359. The van der Waals surface area contributed by atoms with Crippen LogP contribution in [-0.2, 0) is 6.54 Å². The molecule has 1 fully saturated rings. The lowest BCUT2D eigenvalue weighted by Gasteiger charge is -2.24.